The van der Waals surface area contributed by atoms with Gasteiger partial charge in [0.05, 0.1) is 18.7 Å². The molecule has 2 rings (SSSR count). The van der Waals surface area contributed by atoms with Gasteiger partial charge in [-0.3, -0.25) is 0 Å². The lowest BCUT2D eigenvalue weighted by Crippen LogP contribution is -2.26. The van der Waals surface area contributed by atoms with Crippen LogP contribution in [0.3, 0.4) is 0 Å². The third kappa shape index (κ3) is 6.04. The number of nitrogens with zero attached hydrogens (tertiary/aromatic N) is 1. The minimum absolute atomic E-state index is 0.00295. The van der Waals surface area contributed by atoms with Crippen molar-refractivity contribution in [1.82, 2.24) is 10.3 Å². The van der Waals surface area contributed by atoms with Crippen molar-refractivity contribution in [2.24, 2.45) is 0 Å². The second-order valence-corrected chi connectivity index (χ2v) is 6.49. The summed E-state index contributed by atoms with van der Waals surface area (Å²) in [6, 6.07) is 10.0. The highest BCUT2D eigenvalue weighted by Crippen LogP contribution is 2.22. The molecule has 0 aliphatic heterocycles. The van der Waals surface area contributed by atoms with E-state index in [1.165, 1.54) is 0 Å². The summed E-state index contributed by atoms with van der Waals surface area (Å²) in [5.41, 5.74) is 0.952. The monoisotopic (exact) mass is 317 g/mol. The molecule has 1 heterocycles. The molecule has 126 valence electrons. The van der Waals surface area contributed by atoms with Crippen LogP contribution in [0.1, 0.15) is 20.8 Å². The topological polar surface area (TPSA) is 55.4 Å². The first-order valence-electron chi connectivity index (χ1n) is 8.02. The molecule has 0 aliphatic rings. The van der Waals surface area contributed by atoms with E-state index in [0.717, 1.165) is 29.0 Å². The number of rotatable bonds is 8. The van der Waals surface area contributed by atoms with E-state index in [1.807, 2.05) is 31.3 Å². The Morgan fingerprint density at radius 3 is 2.61 bits per heavy atom. The summed E-state index contributed by atoms with van der Waals surface area (Å²) in [4.78, 5) is 4.63. The molecule has 0 unspecified atom stereocenters. The molecule has 1 aromatic carbocycles. The van der Waals surface area contributed by atoms with Crippen molar-refractivity contribution in [1.29, 1.82) is 0 Å². The third-order valence-corrected chi connectivity index (χ3v) is 3.16. The van der Waals surface area contributed by atoms with Crippen molar-refractivity contribution in [3.8, 4) is 5.75 Å². The number of nitrogens with one attached hydrogen (secondary N) is 2. The number of ether oxygens (including phenoxy) is 2. The van der Waals surface area contributed by atoms with E-state index < -0.39 is 0 Å². The highest BCUT2D eigenvalue weighted by Gasteiger charge is 2.10. The van der Waals surface area contributed by atoms with Crippen LogP contribution in [0.4, 0.5) is 5.82 Å². The Kier molecular flexibility index (Phi) is 6.19. The number of benzene rings is 1. The first kappa shape index (κ1) is 17.5. The van der Waals surface area contributed by atoms with Crippen molar-refractivity contribution < 1.29 is 9.47 Å². The molecule has 0 bridgehead atoms. The molecule has 23 heavy (non-hydrogen) atoms. The van der Waals surface area contributed by atoms with Crippen molar-refractivity contribution in [3.05, 3.63) is 30.3 Å². The number of likely N-dealkylation sites (N-methyl/N-ethyl adjacent to an activating group) is 1. The van der Waals surface area contributed by atoms with Crippen LogP contribution in [0.5, 0.6) is 5.75 Å². The van der Waals surface area contributed by atoms with Crippen LogP contribution in [-0.2, 0) is 4.74 Å². The molecule has 5 heteroatoms. The maximum atomic E-state index is 5.72. The van der Waals surface area contributed by atoms with Gasteiger partial charge in [-0.1, -0.05) is 0 Å². The molecule has 5 nitrogen and oxygen atoms in total. The molecule has 0 saturated heterocycles. The van der Waals surface area contributed by atoms with Gasteiger partial charge in [0.2, 0.25) is 0 Å². The fourth-order valence-corrected chi connectivity index (χ4v) is 2.14. The Hall–Kier alpha value is -1.85. The molecular formula is C18H27N3O2. The van der Waals surface area contributed by atoms with Gasteiger partial charge in [0.15, 0.2) is 0 Å². The van der Waals surface area contributed by atoms with Crippen molar-refractivity contribution in [2.75, 3.05) is 38.7 Å². The number of fused-ring (bicyclic) bond motifs is 1. The van der Waals surface area contributed by atoms with Gasteiger partial charge in [0.1, 0.15) is 18.2 Å². The summed E-state index contributed by atoms with van der Waals surface area (Å²) < 4.78 is 11.2. The predicted molar refractivity (Wildman–Crippen MR) is 95.4 cm³/mol. The minimum atomic E-state index is -0.00295. The van der Waals surface area contributed by atoms with E-state index in [2.05, 4.69) is 42.5 Å². The van der Waals surface area contributed by atoms with Crippen LogP contribution in [0.2, 0.25) is 0 Å². The molecule has 0 fully saturated rings. The largest absolute Gasteiger partial charge is 0.491 e. The zero-order chi connectivity index (χ0) is 16.7. The Labute approximate surface area is 138 Å². The van der Waals surface area contributed by atoms with E-state index in [1.54, 1.807) is 0 Å². The molecule has 1 aromatic heterocycles. The quantitative estimate of drug-likeness (QED) is 0.733. The number of aromatic nitrogens is 1. The fraction of sp³-hybridized carbons (Fsp3) is 0.500. The standard InChI is InChI=1S/C18H27N3O2/c1-18(2,3)21-17-8-5-14-13-15(6-7-16(14)20-17)23-12-11-22-10-9-19-4/h5-8,13,19H,9-12H2,1-4H3,(H,20,21). The summed E-state index contributed by atoms with van der Waals surface area (Å²) in [6.07, 6.45) is 0. The van der Waals surface area contributed by atoms with E-state index >= 15 is 0 Å². The fourth-order valence-electron chi connectivity index (χ4n) is 2.14. The SMILES string of the molecule is CNCCOCCOc1ccc2nc(NC(C)(C)C)ccc2c1. The lowest BCUT2D eigenvalue weighted by molar-refractivity contribution is 0.103. The van der Waals surface area contributed by atoms with E-state index in [-0.39, 0.29) is 5.54 Å². The molecule has 0 aliphatic carbocycles. The molecule has 0 spiro atoms. The van der Waals surface area contributed by atoms with Crippen molar-refractivity contribution in [3.63, 3.8) is 0 Å². The van der Waals surface area contributed by atoms with Crippen LogP contribution in [-0.4, -0.2) is 43.9 Å². The Morgan fingerprint density at radius 2 is 1.87 bits per heavy atom. The van der Waals surface area contributed by atoms with Crippen molar-refractivity contribution >= 4 is 16.7 Å². The lowest BCUT2D eigenvalue weighted by atomic mass is 10.1. The van der Waals surface area contributed by atoms with E-state index in [0.29, 0.717) is 19.8 Å². The Balaban J connectivity index is 1.93. The van der Waals surface area contributed by atoms with Crippen LogP contribution in [0.15, 0.2) is 30.3 Å². The first-order chi connectivity index (χ1) is 11.0. The number of pyridine rings is 1. The van der Waals surface area contributed by atoms with Gasteiger partial charge >= 0.3 is 0 Å². The second kappa shape index (κ2) is 8.13. The first-order valence-corrected chi connectivity index (χ1v) is 8.02. The van der Waals surface area contributed by atoms with Gasteiger partial charge in [-0.2, -0.15) is 0 Å². The summed E-state index contributed by atoms with van der Waals surface area (Å²) in [5.74, 6) is 1.73. The molecule has 2 N–H and O–H groups in total. The molecule has 0 atom stereocenters. The maximum Gasteiger partial charge on any atom is 0.127 e. The molecule has 0 amide bonds. The highest BCUT2D eigenvalue weighted by atomic mass is 16.5. The van der Waals surface area contributed by atoms with Crippen LogP contribution < -0.4 is 15.4 Å². The van der Waals surface area contributed by atoms with Gasteiger partial charge < -0.3 is 20.1 Å². The molecular weight excluding hydrogens is 290 g/mol. The van der Waals surface area contributed by atoms with Crippen LogP contribution in [0.25, 0.3) is 10.9 Å². The average Bonchev–Trinajstić information content (AvgIpc) is 2.49. The molecule has 0 saturated carbocycles. The number of hydrogen-bond donors (Lipinski definition) is 2. The van der Waals surface area contributed by atoms with E-state index in [4.69, 9.17) is 9.47 Å². The Morgan fingerprint density at radius 1 is 1.04 bits per heavy atom. The minimum Gasteiger partial charge on any atom is -0.491 e. The predicted octanol–water partition coefficient (Wildman–Crippen LogP) is 3.06. The Bertz CT molecular complexity index is 623. The van der Waals surface area contributed by atoms with Gasteiger partial charge in [-0.25, -0.2) is 4.98 Å². The van der Waals surface area contributed by atoms with Gasteiger partial charge in [-0.05, 0) is 58.2 Å². The summed E-state index contributed by atoms with van der Waals surface area (Å²) in [6.45, 7) is 9.05. The summed E-state index contributed by atoms with van der Waals surface area (Å²) in [7, 11) is 1.91. The smallest absolute Gasteiger partial charge is 0.127 e. The number of anilines is 1. The normalized spacial score (nSPS) is 11.7. The summed E-state index contributed by atoms with van der Waals surface area (Å²) >= 11 is 0. The zero-order valence-electron chi connectivity index (χ0n) is 14.5. The van der Waals surface area contributed by atoms with Crippen LogP contribution >= 0.6 is 0 Å². The molecule has 0 radical (unpaired) electrons. The summed E-state index contributed by atoms with van der Waals surface area (Å²) in [5, 5.41) is 7.49. The highest BCUT2D eigenvalue weighted by molar-refractivity contribution is 5.81. The average molecular weight is 317 g/mol. The molecule has 2 aromatic rings. The van der Waals surface area contributed by atoms with Gasteiger partial charge in [-0.15, -0.1) is 0 Å². The second-order valence-electron chi connectivity index (χ2n) is 6.49. The maximum absolute atomic E-state index is 5.72. The number of hydrogen-bond acceptors (Lipinski definition) is 5. The van der Waals surface area contributed by atoms with Crippen LogP contribution in [0, 0.1) is 0 Å². The third-order valence-electron chi connectivity index (χ3n) is 3.16. The van der Waals surface area contributed by atoms with Gasteiger partial charge in [0, 0.05) is 17.5 Å². The van der Waals surface area contributed by atoms with Gasteiger partial charge in [0.25, 0.3) is 0 Å². The van der Waals surface area contributed by atoms with E-state index in [9.17, 15) is 0 Å². The lowest BCUT2D eigenvalue weighted by Gasteiger charge is -2.21. The zero-order valence-corrected chi connectivity index (χ0v) is 14.5. The van der Waals surface area contributed by atoms with Crippen molar-refractivity contribution in [2.45, 2.75) is 26.3 Å².